The molecule has 0 heterocycles. The van der Waals surface area contributed by atoms with Crippen molar-refractivity contribution in [2.45, 2.75) is 52.2 Å². The number of nitrogens with zero attached hydrogens (tertiary/aromatic N) is 1. The van der Waals surface area contributed by atoms with Crippen molar-refractivity contribution in [3.8, 4) is 0 Å². The largest absolute Gasteiger partial charge is 0.234 e. The Morgan fingerprint density at radius 3 is 2.40 bits per heavy atom. The Labute approximate surface area is 96.5 Å². The Morgan fingerprint density at radius 2 is 2.07 bits per heavy atom. The first-order valence-electron chi connectivity index (χ1n) is 5.43. The predicted octanol–water partition coefficient (Wildman–Crippen LogP) is 3.51. The lowest BCUT2D eigenvalue weighted by atomic mass is 10.0. The predicted molar refractivity (Wildman–Crippen MR) is 69.6 cm³/mol. The van der Waals surface area contributed by atoms with Gasteiger partial charge in [0.15, 0.2) is 0 Å². The maximum Gasteiger partial charge on any atom is 0.144 e. The molecule has 88 valence electrons. The molecule has 0 aliphatic carbocycles. The molecule has 0 fully saturated rings. The first-order valence-corrected chi connectivity index (χ1v) is 6.54. The van der Waals surface area contributed by atoms with Gasteiger partial charge in [0.2, 0.25) is 0 Å². The quantitative estimate of drug-likeness (QED) is 0.524. The first-order chi connectivity index (χ1) is 6.82. The van der Waals surface area contributed by atoms with Gasteiger partial charge in [0.05, 0.1) is 4.75 Å². The van der Waals surface area contributed by atoms with Crippen LogP contribution in [0.4, 0.5) is 0 Å². The molecule has 0 aromatic heterocycles. The molecule has 0 N–H and O–H groups in total. The Hall–Kier alpha value is -0.440. The highest BCUT2D eigenvalue weighted by Crippen LogP contribution is 2.16. The van der Waals surface area contributed by atoms with Gasteiger partial charge < -0.3 is 0 Å². The van der Waals surface area contributed by atoms with Gasteiger partial charge in [-0.15, -0.1) is 6.58 Å². The minimum Gasteiger partial charge on any atom is -0.234 e. The second-order valence-corrected chi connectivity index (χ2v) is 6.63. The third kappa shape index (κ3) is 5.26. The monoisotopic (exact) mass is 229 g/mol. The van der Waals surface area contributed by atoms with Crippen LogP contribution in [0.25, 0.3) is 0 Å². The molecular weight excluding hydrogens is 206 g/mol. The van der Waals surface area contributed by atoms with Gasteiger partial charge in [-0.3, -0.25) is 0 Å². The molecule has 2 unspecified atom stereocenters. The molecule has 0 rings (SSSR count). The summed E-state index contributed by atoms with van der Waals surface area (Å²) in [5.74, 6) is 0.346. The first kappa shape index (κ1) is 14.6. The van der Waals surface area contributed by atoms with Crippen molar-refractivity contribution in [3.63, 3.8) is 0 Å². The zero-order chi connectivity index (χ0) is 12.1. The van der Waals surface area contributed by atoms with Crippen molar-refractivity contribution in [2.24, 2.45) is 10.3 Å². The Kier molecular flexibility index (Phi) is 6.03. The molecule has 3 heteroatoms. The fraction of sp³-hybridized carbons (Fsp3) is 0.750. The van der Waals surface area contributed by atoms with Crippen molar-refractivity contribution in [1.29, 1.82) is 0 Å². The molecule has 0 radical (unpaired) electrons. The van der Waals surface area contributed by atoms with Crippen LogP contribution in [0.2, 0.25) is 0 Å². The zero-order valence-electron chi connectivity index (χ0n) is 10.5. The molecule has 0 saturated heterocycles. The summed E-state index contributed by atoms with van der Waals surface area (Å²) in [7, 11) is -1.14. The van der Waals surface area contributed by atoms with Crippen LogP contribution in [-0.2, 0) is 11.0 Å². The van der Waals surface area contributed by atoms with E-state index in [1.54, 1.807) is 0 Å². The van der Waals surface area contributed by atoms with Crippen molar-refractivity contribution in [3.05, 3.63) is 12.7 Å². The fourth-order valence-electron chi connectivity index (χ4n) is 1.13. The van der Waals surface area contributed by atoms with Crippen LogP contribution in [0.1, 0.15) is 47.5 Å². The number of hydrogen-bond acceptors (Lipinski definition) is 1. The van der Waals surface area contributed by atoms with Crippen LogP contribution in [0.5, 0.6) is 0 Å². The average molecular weight is 229 g/mol. The van der Waals surface area contributed by atoms with Gasteiger partial charge in [0.1, 0.15) is 11.0 Å². The van der Waals surface area contributed by atoms with Crippen LogP contribution in [0.3, 0.4) is 0 Å². The Bertz CT molecular complexity index is 263. The van der Waals surface area contributed by atoms with Crippen molar-refractivity contribution < 1.29 is 4.21 Å². The maximum atomic E-state index is 11.8. The number of rotatable bonds is 5. The molecule has 0 aromatic rings. The van der Waals surface area contributed by atoms with Gasteiger partial charge in [-0.1, -0.05) is 19.9 Å². The molecular formula is C12H23NOS. The molecule has 15 heavy (non-hydrogen) atoms. The zero-order valence-corrected chi connectivity index (χ0v) is 11.4. The van der Waals surface area contributed by atoms with E-state index >= 15 is 0 Å². The summed E-state index contributed by atoms with van der Waals surface area (Å²) >= 11 is 0. The van der Waals surface area contributed by atoms with Gasteiger partial charge in [-0.05, 0) is 39.5 Å². The van der Waals surface area contributed by atoms with Crippen LogP contribution < -0.4 is 0 Å². The van der Waals surface area contributed by atoms with E-state index in [4.69, 9.17) is 0 Å². The number of allylic oxidation sites excluding steroid dienone is 1. The highest BCUT2D eigenvalue weighted by atomic mass is 32.2. The maximum absolute atomic E-state index is 11.8. The van der Waals surface area contributed by atoms with E-state index in [2.05, 4.69) is 24.8 Å². The van der Waals surface area contributed by atoms with E-state index in [0.29, 0.717) is 5.92 Å². The lowest BCUT2D eigenvalue weighted by molar-refractivity contribution is 0.649. The van der Waals surface area contributed by atoms with Gasteiger partial charge in [0.25, 0.3) is 0 Å². The smallest absolute Gasteiger partial charge is 0.144 e. The SMILES string of the molecule is C=CCC(C)C(CC)=NS(=O)C(C)(C)C. The van der Waals surface area contributed by atoms with E-state index in [1.807, 2.05) is 26.8 Å². The second kappa shape index (κ2) is 6.21. The van der Waals surface area contributed by atoms with Gasteiger partial charge in [-0.25, -0.2) is 4.21 Å². The summed E-state index contributed by atoms with van der Waals surface area (Å²) in [6, 6.07) is 0. The summed E-state index contributed by atoms with van der Waals surface area (Å²) < 4.78 is 15.9. The molecule has 0 aliphatic heterocycles. The summed E-state index contributed by atoms with van der Waals surface area (Å²) in [4.78, 5) is 0. The fourth-order valence-corrected chi connectivity index (χ4v) is 1.93. The second-order valence-electron chi connectivity index (χ2n) is 4.72. The van der Waals surface area contributed by atoms with E-state index in [1.165, 1.54) is 0 Å². The van der Waals surface area contributed by atoms with E-state index in [0.717, 1.165) is 18.6 Å². The molecule has 2 atom stereocenters. The van der Waals surface area contributed by atoms with Crippen LogP contribution in [0, 0.1) is 5.92 Å². The van der Waals surface area contributed by atoms with E-state index in [9.17, 15) is 4.21 Å². The van der Waals surface area contributed by atoms with Crippen molar-refractivity contribution in [2.75, 3.05) is 0 Å². The van der Waals surface area contributed by atoms with Crippen molar-refractivity contribution >= 4 is 16.7 Å². The minimum atomic E-state index is -1.14. The van der Waals surface area contributed by atoms with E-state index in [-0.39, 0.29) is 4.75 Å². The molecule has 0 aliphatic rings. The Morgan fingerprint density at radius 1 is 1.53 bits per heavy atom. The van der Waals surface area contributed by atoms with Crippen LogP contribution >= 0.6 is 0 Å². The van der Waals surface area contributed by atoms with Crippen molar-refractivity contribution in [1.82, 2.24) is 0 Å². The summed E-state index contributed by atoms with van der Waals surface area (Å²) in [6.07, 6.45) is 3.64. The van der Waals surface area contributed by atoms with Gasteiger partial charge in [0, 0.05) is 5.71 Å². The van der Waals surface area contributed by atoms with Crippen LogP contribution in [-0.4, -0.2) is 14.7 Å². The third-order valence-electron chi connectivity index (χ3n) is 2.18. The normalized spacial score (nSPS) is 17.3. The molecule has 0 aromatic carbocycles. The lowest BCUT2D eigenvalue weighted by Crippen LogP contribution is -2.22. The highest BCUT2D eigenvalue weighted by Gasteiger charge is 2.20. The van der Waals surface area contributed by atoms with Crippen LogP contribution in [0.15, 0.2) is 17.1 Å². The lowest BCUT2D eigenvalue weighted by Gasteiger charge is -2.17. The van der Waals surface area contributed by atoms with Gasteiger partial charge in [-0.2, -0.15) is 4.40 Å². The molecule has 2 nitrogen and oxygen atoms in total. The molecule has 0 bridgehead atoms. The molecule has 0 spiro atoms. The summed E-state index contributed by atoms with van der Waals surface area (Å²) in [6.45, 7) is 13.7. The average Bonchev–Trinajstić information content (AvgIpc) is 2.12. The summed E-state index contributed by atoms with van der Waals surface area (Å²) in [5.41, 5.74) is 1.03. The number of hydrogen-bond donors (Lipinski definition) is 0. The highest BCUT2D eigenvalue weighted by molar-refractivity contribution is 7.85. The summed E-state index contributed by atoms with van der Waals surface area (Å²) in [5, 5.41) is 0. The third-order valence-corrected chi connectivity index (χ3v) is 3.62. The van der Waals surface area contributed by atoms with E-state index < -0.39 is 11.0 Å². The topological polar surface area (TPSA) is 29.4 Å². The molecule has 0 amide bonds. The Balaban J connectivity index is 4.73. The standard InChI is InChI=1S/C12H23NOS/c1-7-9-10(3)11(8-2)13-15(14)12(4,5)6/h7,10H,1,8-9H2,2-6H3. The minimum absolute atomic E-state index is 0.270. The van der Waals surface area contributed by atoms with Gasteiger partial charge >= 0.3 is 0 Å². The molecule has 0 saturated carbocycles.